The molecule has 0 saturated carbocycles. The molecule has 134 valence electrons. The van der Waals surface area contributed by atoms with Gasteiger partial charge in [0, 0.05) is 13.2 Å². The Morgan fingerprint density at radius 2 is 0.909 bits per heavy atom. The van der Waals surface area contributed by atoms with Gasteiger partial charge in [-0.1, -0.05) is 0 Å². The van der Waals surface area contributed by atoms with Crippen LogP contribution < -0.4 is 0 Å². The van der Waals surface area contributed by atoms with Crippen LogP contribution in [0.3, 0.4) is 0 Å². The van der Waals surface area contributed by atoms with Crippen LogP contribution in [0.2, 0.25) is 0 Å². The molecule has 0 saturated heterocycles. The third-order valence-electron chi connectivity index (χ3n) is 2.50. The van der Waals surface area contributed by atoms with Crippen molar-refractivity contribution in [1.29, 1.82) is 0 Å². The molecule has 0 heterocycles. The first-order valence-corrected chi connectivity index (χ1v) is 5.82. The van der Waals surface area contributed by atoms with Gasteiger partial charge in [0.1, 0.15) is 0 Å². The molecule has 0 aliphatic rings. The molecular weight excluding hydrogens is 336 g/mol. The van der Waals surface area contributed by atoms with E-state index in [9.17, 15) is 35.1 Å². The smallest absolute Gasteiger partial charge is 0.363 e. The average Bonchev–Trinajstić information content (AvgIpc) is 2.38. The standard InChI is InChI=1S/C10H14F8O4/c1-3-21-5(19)7(11,12)9(15,16)10(17,18)8(13,14)6(20)22-4-2/h5-6,19-20H,3-4H2,1-2H3. The lowest BCUT2D eigenvalue weighted by Crippen LogP contribution is -2.68. The van der Waals surface area contributed by atoms with Gasteiger partial charge in [0.2, 0.25) is 12.6 Å². The molecule has 0 aromatic carbocycles. The van der Waals surface area contributed by atoms with Crippen molar-refractivity contribution in [2.45, 2.75) is 50.1 Å². The molecule has 0 bridgehead atoms. The molecule has 2 N–H and O–H groups in total. The molecule has 0 radical (unpaired) electrons. The van der Waals surface area contributed by atoms with E-state index in [2.05, 4.69) is 9.47 Å². The van der Waals surface area contributed by atoms with E-state index < -0.39 is 49.5 Å². The Balaban J connectivity index is 5.73. The number of rotatable bonds is 9. The quantitative estimate of drug-likeness (QED) is 0.495. The van der Waals surface area contributed by atoms with Crippen LogP contribution in [-0.2, 0) is 9.47 Å². The minimum atomic E-state index is -6.75. The summed E-state index contributed by atoms with van der Waals surface area (Å²) in [6.07, 6.45) is -7.53. The van der Waals surface area contributed by atoms with E-state index in [0.29, 0.717) is 0 Å². The number of aliphatic hydroxyl groups is 2. The van der Waals surface area contributed by atoms with Gasteiger partial charge < -0.3 is 19.7 Å². The maximum absolute atomic E-state index is 13.3. The SMILES string of the molecule is CCOC(O)C(F)(F)C(F)(F)C(F)(F)C(F)(F)C(O)OCC. The monoisotopic (exact) mass is 350 g/mol. The lowest BCUT2D eigenvalue weighted by atomic mass is 9.97. The molecule has 22 heavy (non-hydrogen) atoms. The maximum Gasteiger partial charge on any atom is 0.383 e. The van der Waals surface area contributed by atoms with Crippen LogP contribution in [0.15, 0.2) is 0 Å². The second kappa shape index (κ2) is 6.81. The van der Waals surface area contributed by atoms with Gasteiger partial charge in [-0.05, 0) is 13.8 Å². The van der Waals surface area contributed by atoms with E-state index in [4.69, 9.17) is 10.2 Å². The molecule has 0 fully saturated rings. The zero-order chi connectivity index (χ0) is 18.0. The highest BCUT2D eigenvalue weighted by Gasteiger charge is 2.84. The van der Waals surface area contributed by atoms with Gasteiger partial charge in [-0.3, -0.25) is 0 Å². The van der Waals surface area contributed by atoms with Crippen LogP contribution in [0.1, 0.15) is 13.8 Å². The predicted molar refractivity (Wildman–Crippen MR) is 55.1 cm³/mol. The molecule has 2 atom stereocenters. The van der Waals surface area contributed by atoms with Crippen molar-refractivity contribution < 1.29 is 54.8 Å². The van der Waals surface area contributed by atoms with Crippen molar-refractivity contribution >= 4 is 0 Å². The number of hydrogen-bond donors (Lipinski definition) is 2. The molecule has 12 heteroatoms. The second-order valence-corrected chi connectivity index (χ2v) is 4.01. The van der Waals surface area contributed by atoms with Crippen molar-refractivity contribution in [3.63, 3.8) is 0 Å². The van der Waals surface area contributed by atoms with Crippen LogP contribution >= 0.6 is 0 Å². The van der Waals surface area contributed by atoms with Crippen LogP contribution in [0.5, 0.6) is 0 Å². The molecule has 0 aliphatic heterocycles. The van der Waals surface area contributed by atoms with E-state index >= 15 is 0 Å². The summed E-state index contributed by atoms with van der Waals surface area (Å²) in [5, 5.41) is 17.3. The summed E-state index contributed by atoms with van der Waals surface area (Å²) >= 11 is 0. The van der Waals surface area contributed by atoms with Gasteiger partial charge in [0.05, 0.1) is 0 Å². The zero-order valence-corrected chi connectivity index (χ0v) is 11.3. The van der Waals surface area contributed by atoms with E-state index in [-0.39, 0.29) is 0 Å². The van der Waals surface area contributed by atoms with Crippen LogP contribution in [0, 0.1) is 0 Å². The first kappa shape index (κ1) is 21.3. The van der Waals surface area contributed by atoms with E-state index in [0.717, 1.165) is 13.8 Å². The highest BCUT2D eigenvalue weighted by molar-refractivity contribution is 5.05. The maximum atomic E-state index is 13.3. The minimum Gasteiger partial charge on any atom is -0.363 e. The van der Waals surface area contributed by atoms with Crippen LogP contribution in [-0.4, -0.2) is 59.7 Å². The van der Waals surface area contributed by atoms with Crippen LogP contribution in [0.4, 0.5) is 35.1 Å². The third kappa shape index (κ3) is 3.29. The summed E-state index contributed by atoms with van der Waals surface area (Å²) in [6, 6.07) is 0. The topological polar surface area (TPSA) is 58.9 Å². The van der Waals surface area contributed by atoms with E-state index in [1.54, 1.807) is 0 Å². The predicted octanol–water partition coefficient (Wildman–Crippen LogP) is 2.24. The highest BCUT2D eigenvalue weighted by atomic mass is 19.4. The Morgan fingerprint density at radius 3 is 1.09 bits per heavy atom. The summed E-state index contributed by atoms with van der Waals surface area (Å²) in [5.74, 6) is -25.6. The number of aliphatic hydroxyl groups excluding tert-OH is 2. The minimum absolute atomic E-state index is 0.781. The van der Waals surface area contributed by atoms with Crippen molar-refractivity contribution in [1.82, 2.24) is 0 Å². The van der Waals surface area contributed by atoms with Gasteiger partial charge in [-0.2, -0.15) is 35.1 Å². The van der Waals surface area contributed by atoms with Gasteiger partial charge in [0.15, 0.2) is 0 Å². The average molecular weight is 350 g/mol. The number of hydrogen-bond acceptors (Lipinski definition) is 4. The fourth-order valence-corrected chi connectivity index (χ4v) is 1.25. The van der Waals surface area contributed by atoms with Crippen molar-refractivity contribution in [2.24, 2.45) is 0 Å². The molecule has 2 unspecified atom stereocenters. The molecule has 0 amide bonds. The highest BCUT2D eigenvalue weighted by Crippen LogP contribution is 2.54. The van der Waals surface area contributed by atoms with Gasteiger partial charge in [-0.15, -0.1) is 0 Å². The van der Waals surface area contributed by atoms with Crippen molar-refractivity contribution in [3.8, 4) is 0 Å². The second-order valence-electron chi connectivity index (χ2n) is 4.01. The summed E-state index contributed by atoms with van der Waals surface area (Å²) in [6.45, 7) is 0.360. The van der Waals surface area contributed by atoms with Crippen LogP contribution in [0.25, 0.3) is 0 Å². The summed E-state index contributed by atoms with van der Waals surface area (Å²) in [7, 11) is 0. The molecule has 0 spiro atoms. The molecule has 0 aliphatic carbocycles. The molecule has 0 aromatic heterocycles. The molecule has 4 nitrogen and oxygen atoms in total. The summed E-state index contributed by atoms with van der Waals surface area (Å²) < 4.78 is 113. The fourth-order valence-electron chi connectivity index (χ4n) is 1.25. The Kier molecular flexibility index (Phi) is 6.58. The zero-order valence-electron chi connectivity index (χ0n) is 11.3. The molecule has 0 aromatic rings. The van der Waals surface area contributed by atoms with E-state index in [1.165, 1.54) is 0 Å². The number of ether oxygens (including phenoxy) is 2. The van der Waals surface area contributed by atoms with Gasteiger partial charge >= 0.3 is 23.7 Å². The van der Waals surface area contributed by atoms with Crippen molar-refractivity contribution in [3.05, 3.63) is 0 Å². The van der Waals surface area contributed by atoms with Gasteiger partial charge in [0.25, 0.3) is 0 Å². The first-order valence-electron chi connectivity index (χ1n) is 5.82. The number of alkyl halides is 8. The Labute approximate surface area is 119 Å². The largest absolute Gasteiger partial charge is 0.383 e. The molecule has 0 rings (SSSR count). The Bertz CT molecular complexity index is 329. The lowest BCUT2D eigenvalue weighted by molar-refractivity contribution is -0.423. The summed E-state index contributed by atoms with van der Waals surface area (Å²) in [4.78, 5) is 0. The first-order chi connectivity index (χ1) is 9.71. The third-order valence-corrected chi connectivity index (χ3v) is 2.50. The lowest BCUT2D eigenvalue weighted by Gasteiger charge is -2.39. The normalized spacial score (nSPS) is 17.5. The van der Waals surface area contributed by atoms with E-state index in [1.807, 2.05) is 0 Å². The Morgan fingerprint density at radius 1 is 0.682 bits per heavy atom. The Hall–Kier alpha value is -0.720. The summed E-state index contributed by atoms with van der Waals surface area (Å²) in [5.41, 5.74) is 0. The number of halogens is 8. The molecular formula is C10H14F8O4. The van der Waals surface area contributed by atoms with Crippen molar-refractivity contribution in [2.75, 3.05) is 13.2 Å². The van der Waals surface area contributed by atoms with Gasteiger partial charge in [-0.25, -0.2) is 0 Å². The fraction of sp³-hybridized carbons (Fsp3) is 1.00.